The molecular weight excluding hydrogens is 604 g/mol. The predicted molar refractivity (Wildman–Crippen MR) is 213 cm³/mol. The molecule has 0 aromatic heterocycles. The molecule has 0 saturated heterocycles. The molecule has 0 aliphatic carbocycles. The summed E-state index contributed by atoms with van der Waals surface area (Å²) >= 11 is 0. The van der Waals surface area contributed by atoms with Crippen LogP contribution in [0, 0.1) is 0 Å². The number of aliphatic carboxylic acids is 1. The minimum Gasteiger partial charge on any atom is -0.481 e. The van der Waals surface area contributed by atoms with Gasteiger partial charge in [-0.3, -0.25) is 9.59 Å². The Morgan fingerprint density at radius 2 is 0.796 bits per heavy atom. The Bertz CT molecular complexity index is 783. The van der Waals surface area contributed by atoms with Gasteiger partial charge in [-0.25, -0.2) is 0 Å². The molecule has 0 bridgehead atoms. The topological polar surface area (TPSA) is 63.6 Å². The van der Waals surface area contributed by atoms with E-state index in [2.05, 4.69) is 50.3 Å². The SMILES string of the molecule is CCCCCCC/C=C\C/C=C\CCCCCC(CCCCCCCC(=O)O)OC(=O)CCCCCCC/C=C\CCCCCCCCC. The maximum atomic E-state index is 12.7. The van der Waals surface area contributed by atoms with E-state index in [1.54, 1.807) is 0 Å². The Kier molecular flexibility index (Phi) is 39.1. The molecule has 4 nitrogen and oxygen atoms in total. The van der Waals surface area contributed by atoms with Crippen LogP contribution in [0.2, 0.25) is 0 Å². The molecule has 0 amide bonds. The molecule has 0 aromatic carbocycles. The van der Waals surface area contributed by atoms with Crippen molar-refractivity contribution in [3.8, 4) is 0 Å². The highest BCUT2D eigenvalue weighted by molar-refractivity contribution is 5.69. The summed E-state index contributed by atoms with van der Waals surface area (Å²) in [6, 6.07) is 0. The molecule has 4 heteroatoms. The van der Waals surface area contributed by atoms with E-state index in [9.17, 15) is 9.59 Å². The molecule has 0 spiro atoms. The first-order valence-electron chi connectivity index (χ1n) is 21.5. The highest BCUT2D eigenvalue weighted by atomic mass is 16.5. The van der Waals surface area contributed by atoms with E-state index in [1.165, 1.54) is 128 Å². The number of esters is 1. The molecule has 0 aliphatic heterocycles. The maximum Gasteiger partial charge on any atom is 0.306 e. The second kappa shape index (κ2) is 40.6. The molecule has 1 N–H and O–H groups in total. The van der Waals surface area contributed by atoms with E-state index in [0.29, 0.717) is 6.42 Å². The largest absolute Gasteiger partial charge is 0.481 e. The molecule has 1 atom stereocenters. The van der Waals surface area contributed by atoms with Crippen LogP contribution in [0.3, 0.4) is 0 Å². The molecule has 0 aliphatic rings. The highest BCUT2D eigenvalue weighted by Crippen LogP contribution is 2.18. The lowest BCUT2D eigenvalue weighted by molar-refractivity contribution is -0.150. The van der Waals surface area contributed by atoms with Crippen LogP contribution in [0.15, 0.2) is 36.5 Å². The smallest absolute Gasteiger partial charge is 0.306 e. The van der Waals surface area contributed by atoms with Crippen molar-refractivity contribution in [1.82, 2.24) is 0 Å². The fraction of sp³-hybridized carbons (Fsp3) is 0.822. The monoisotopic (exact) mass is 687 g/mol. The van der Waals surface area contributed by atoms with Gasteiger partial charge in [0.2, 0.25) is 0 Å². The average Bonchev–Trinajstić information content (AvgIpc) is 3.09. The number of rotatable bonds is 39. The Balaban J connectivity index is 4.09. The van der Waals surface area contributed by atoms with Crippen molar-refractivity contribution in [2.75, 3.05) is 0 Å². The predicted octanol–water partition coefficient (Wildman–Crippen LogP) is 15.0. The summed E-state index contributed by atoms with van der Waals surface area (Å²) in [5, 5.41) is 8.83. The fourth-order valence-electron chi connectivity index (χ4n) is 6.39. The van der Waals surface area contributed by atoms with Crippen LogP contribution in [0.1, 0.15) is 232 Å². The quantitative estimate of drug-likeness (QED) is 0.0397. The van der Waals surface area contributed by atoms with Gasteiger partial charge in [0.25, 0.3) is 0 Å². The van der Waals surface area contributed by atoms with Crippen molar-refractivity contribution < 1.29 is 19.4 Å². The lowest BCUT2D eigenvalue weighted by atomic mass is 10.0. The number of carboxylic acids is 1. The van der Waals surface area contributed by atoms with E-state index in [1.807, 2.05) is 0 Å². The Morgan fingerprint density at radius 3 is 1.24 bits per heavy atom. The lowest BCUT2D eigenvalue weighted by Crippen LogP contribution is -2.18. The first-order valence-corrected chi connectivity index (χ1v) is 21.5. The summed E-state index contributed by atoms with van der Waals surface area (Å²) in [6.45, 7) is 4.54. The van der Waals surface area contributed by atoms with Gasteiger partial charge < -0.3 is 9.84 Å². The number of unbranched alkanes of at least 4 members (excludes halogenated alkanes) is 24. The van der Waals surface area contributed by atoms with Crippen molar-refractivity contribution in [3.63, 3.8) is 0 Å². The summed E-state index contributed by atoms with van der Waals surface area (Å²) in [5.41, 5.74) is 0. The standard InChI is InChI=1S/C45H82O4/c1-3-5-7-9-11-13-15-17-19-21-23-25-27-29-34-38-42-45(48)49-43(40-36-32-30-33-37-41-44(46)47)39-35-31-28-26-24-22-20-18-16-14-12-10-8-6-4-2/h16,18-19,21-22,24,43H,3-15,17,20,23,25-42H2,1-2H3,(H,46,47)/b18-16-,21-19-,24-22-. The second-order valence-corrected chi connectivity index (χ2v) is 14.5. The first-order chi connectivity index (χ1) is 24.1. The first kappa shape index (κ1) is 47.2. The molecule has 0 rings (SSSR count). The minimum absolute atomic E-state index is 0.0169. The summed E-state index contributed by atoms with van der Waals surface area (Å²) in [6.07, 6.45) is 53.1. The van der Waals surface area contributed by atoms with E-state index < -0.39 is 5.97 Å². The third kappa shape index (κ3) is 40.5. The van der Waals surface area contributed by atoms with E-state index in [-0.39, 0.29) is 18.5 Å². The molecule has 0 heterocycles. The van der Waals surface area contributed by atoms with Crippen molar-refractivity contribution in [1.29, 1.82) is 0 Å². The van der Waals surface area contributed by atoms with Crippen LogP contribution in [0.25, 0.3) is 0 Å². The zero-order valence-electron chi connectivity index (χ0n) is 32.8. The summed E-state index contributed by atoms with van der Waals surface area (Å²) in [7, 11) is 0. The Hall–Kier alpha value is -1.84. The van der Waals surface area contributed by atoms with Crippen LogP contribution in [-0.4, -0.2) is 23.1 Å². The molecule has 0 radical (unpaired) electrons. The normalized spacial score (nSPS) is 12.5. The van der Waals surface area contributed by atoms with E-state index >= 15 is 0 Å². The lowest BCUT2D eigenvalue weighted by Gasteiger charge is -2.18. The summed E-state index contributed by atoms with van der Waals surface area (Å²) in [4.78, 5) is 23.4. The van der Waals surface area contributed by atoms with Gasteiger partial charge in [0.1, 0.15) is 6.10 Å². The van der Waals surface area contributed by atoms with Crippen molar-refractivity contribution in [3.05, 3.63) is 36.5 Å². The van der Waals surface area contributed by atoms with Crippen molar-refractivity contribution in [2.24, 2.45) is 0 Å². The molecule has 0 fully saturated rings. The van der Waals surface area contributed by atoms with Crippen LogP contribution >= 0.6 is 0 Å². The van der Waals surface area contributed by atoms with Crippen LogP contribution in [-0.2, 0) is 14.3 Å². The number of carbonyl (C=O) groups is 2. The van der Waals surface area contributed by atoms with E-state index in [0.717, 1.165) is 77.0 Å². The molecule has 1 unspecified atom stereocenters. The van der Waals surface area contributed by atoms with Gasteiger partial charge in [0.05, 0.1) is 0 Å². The Labute approximate surface area is 305 Å². The third-order valence-corrected chi connectivity index (χ3v) is 9.58. The maximum absolute atomic E-state index is 12.7. The zero-order chi connectivity index (χ0) is 35.7. The summed E-state index contributed by atoms with van der Waals surface area (Å²) < 4.78 is 6.01. The molecule has 286 valence electrons. The van der Waals surface area contributed by atoms with Crippen LogP contribution in [0.5, 0.6) is 0 Å². The van der Waals surface area contributed by atoms with Crippen molar-refractivity contribution in [2.45, 2.75) is 238 Å². The number of carbonyl (C=O) groups excluding carboxylic acids is 1. The second-order valence-electron chi connectivity index (χ2n) is 14.5. The molecule has 0 aromatic rings. The number of ether oxygens (including phenoxy) is 1. The molecule has 0 saturated carbocycles. The zero-order valence-corrected chi connectivity index (χ0v) is 32.8. The van der Waals surface area contributed by atoms with Crippen molar-refractivity contribution >= 4 is 11.9 Å². The van der Waals surface area contributed by atoms with Gasteiger partial charge in [0, 0.05) is 12.8 Å². The van der Waals surface area contributed by atoms with E-state index in [4.69, 9.17) is 9.84 Å². The van der Waals surface area contributed by atoms with Gasteiger partial charge in [-0.1, -0.05) is 159 Å². The van der Waals surface area contributed by atoms with Crippen LogP contribution < -0.4 is 0 Å². The van der Waals surface area contributed by atoms with Crippen LogP contribution in [0.4, 0.5) is 0 Å². The summed E-state index contributed by atoms with van der Waals surface area (Å²) in [5.74, 6) is -0.721. The number of carboxylic acid groups (broad SMARTS) is 1. The number of hydrogen-bond donors (Lipinski definition) is 1. The van der Waals surface area contributed by atoms with Gasteiger partial charge >= 0.3 is 11.9 Å². The van der Waals surface area contributed by atoms with Gasteiger partial charge in [-0.15, -0.1) is 0 Å². The highest BCUT2D eigenvalue weighted by Gasteiger charge is 2.14. The van der Waals surface area contributed by atoms with Gasteiger partial charge in [-0.05, 0) is 96.3 Å². The number of allylic oxidation sites excluding steroid dienone is 6. The molecule has 49 heavy (non-hydrogen) atoms. The minimum atomic E-state index is -0.704. The average molecular weight is 687 g/mol. The van der Waals surface area contributed by atoms with Gasteiger partial charge in [0.15, 0.2) is 0 Å². The Morgan fingerprint density at radius 1 is 0.449 bits per heavy atom. The molecular formula is C45H82O4. The van der Waals surface area contributed by atoms with Gasteiger partial charge in [-0.2, -0.15) is 0 Å². The fourth-order valence-corrected chi connectivity index (χ4v) is 6.39. The number of hydrogen-bond acceptors (Lipinski definition) is 3. The third-order valence-electron chi connectivity index (χ3n) is 9.58.